The number of hydrogen-bond donors (Lipinski definition) is 1. The molecule has 2 heterocycles. The number of hydrogen-bond acceptors (Lipinski definition) is 5. The maximum absolute atomic E-state index is 12.7. The second-order valence-corrected chi connectivity index (χ2v) is 7.38. The molecule has 0 unspecified atom stereocenters. The molecular weight excluding hydrogens is 324 g/mol. The number of pyridine rings is 1. The smallest absolute Gasteiger partial charge is 0.256 e. The predicted molar refractivity (Wildman–Crippen MR) is 96.8 cm³/mol. The molecule has 2 rings (SSSR count). The van der Waals surface area contributed by atoms with Crippen LogP contribution in [0.4, 0.5) is 0 Å². The molecule has 24 heavy (non-hydrogen) atoms. The molecule has 1 aliphatic heterocycles. The van der Waals surface area contributed by atoms with Gasteiger partial charge < -0.3 is 15.1 Å². The molecule has 0 radical (unpaired) electrons. The second-order valence-electron chi connectivity index (χ2n) is 6.38. The van der Waals surface area contributed by atoms with Crippen LogP contribution in [0.2, 0.25) is 0 Å². The summed E-state index contributed by atoms with van der Waals surface area (Å²) in [5, 5.41) is 2.97. The highest BCUT2D eigenvalue weighted by molar-refractivity contribution is 7.99. The van der Waals surface area contributed by atoms with Gasteiger partial charge in [-0.1, -0.05) is 6.92 Å². The summed E-state index contributed by atoms with van der Waals surface area (Å²) in [6, 6.07) is 3.37. The van der Waals surface area contributed by atoms with Crippen LogP contribution >= 0.6 is 11.8 Å². The summed E-state index contributed by atoms with van der Waals surface area (Å²) < 4.78 is 0. The molecule has 7 heteroatoms. The van der Waals surface area contributed by atoms with Gasteiger partial charge in [-0.3, -0.25) is 14.6 Å². The third-order valence-electron chi connectivity index (χ3n) is 4.00. The topological polar surface area (TPSA) is 65.5 Å². The van der Waals surface area contributed by atoms with E-state index in [4.69, 9.17) is 0 Å². The van der Waals surface area contributed by atoms with Crippen LogP contribution < -0.4 is 5.32 Å². The van der Waals surface area contributed by atoms with Crippen molar-refractivity contribution < 1.29 is 9.59 Å². The summed E-state index contributed by atoms with van der Waals surface area (Å²) in [5.74, 6) is 0.977. The Morgan fingerprint density at radius 2 is 2.21 bits per heavy atom. The van der Waals surface area contributed by atoms with Crippen molar-refractivity contribution in [3.8, 4) is 0 Å². The molecule has 0 saturated carbocycles. The summed E-state index contributed by atoms with van der Waals surface area (Å²) in [6.07, 6.45) is 2.48. The zero-order valence-electron chi connectivity index (χ0n) is 14.8. The average molecular weight is 350 g/mol. The van der Waals surface area contributed by atoms with Crippen LogP contribution in [0.5, 0.6) is 0 Å². The molecule has 2 atom stereocenters. The lowest BCUT2D eigenvalue weighted by atomic mass is 10.1. The predicted octanol–water partition coefficient (Wildman–Crippen LogP) is 1.57. The van der Waals surface area contributed by atoms with Gasteiger partial charge in [-0.25, -0.2) is 0 Å². The fraction of sp³-hybridized carbons (Fsp3) is 0.588. The molecule has 1 aliphatic rings. The van der Waals surface area contributed by atoms with E-state index >= 15 is 0 Å². The first-order chi connectivity index (χ1) is 11.4. The van der Waals surface area contributed by atoms with Crippen LogP contribution in [0.15, 0.2) is 18.3 Å². The summed E-state index contributed by atoms with van der Waals surface area (Å²) in [5.41, 5.74) is 1.44. The molecule has 0 aliphatic carbocycles. The van der Waals surface area contributed by atoms with Crippen molar-refractivity contribution in [1.82, 2.24) is 20.1 Å². The lowest BCUT2D eigenvalue weighted by Gasteiger charge is -2.24. The van der Waals surface area contributed by atoms with Gasteiger partial charge in [0, 0.05) is 24.5 Å². The van der Waals surface area contributed by atoms with Crippen molar-refractivity contribution in [3.63, 3.8) is 0 Å². The lowest BCUT2D eigenvalue weighted by molar-refractivity contribution is -0.125. The Bertz CT molecular complexity index is 576. The number of rotatable bonds is 6. The number of carbonyl (C=O) groups excluding carboxylic acids is 2. The number of nitrogens with zero attached hydrogens (tertiary/aromatic N) is 3. The highest BCUT2D eigenvalue weighted by atomic mass is 32.2. The van der Waals surface area contributed by atoms with Gasteiger partial charge in [0.1, 0.15) is 6.04 Å². The van der Waals surface area contributed by atoms with Crippen molar-refractivity contribution >= 4 is 23.6 Å². The maximum atomic E-state index is 12.7. The van der Waals surface area contributed by atoms with Crippen molar-refractivity contribution in [1.29, 1.82) is 0 Å². The van der Waals surface area contributed by atoms with Crippen LogP contribution in [0.3, 0.4) is 0 Å². The Morgan fingerprint density at radius 3 is 2.79 bits per heavy atom. The summed E-state index contributed by atoms with van der Waals surface area (Å²) in [6.45, 7) is 4.73. The van der Waals surface area contributed by atoms with Crippen molar-refractivity contribution in [2.45, 2.75) is 38.9 Å². The Labute approximate surface area is 148 Å². The zero-order valence-corrected chi connectivity index (χ0v) is 15.6. The van der Waals surface area contributed by atoms with Gasteiger partial charge in [0.15, 0.2) is 0 Å². The van der Waals surface area contributed by atoms with E-state index in [-0.39, 0.29) is 17.9 Å². The van der Waals surface area contributed by atoms with Gasteiger partial charge in [0.2, 0.25) is 5.91 Å². The molecule has 1 saturated heterocycles. The third kappa shape index (κ3) is 4.70. The monoisotopic (exact) mass is 350 g/mol. The van der Waals surface area contributed by atoms with E-state index in [0.717, 1.165) is 18.7 Å². The van der Waals surface area contributed by atoms with Gasteiger partial charge in [-0.2, -0.15) is 0 Å². The second kappa shape index (κ2) is 8.48. The summed E-state index contributed by atoms with van der Waals surface area (Å²) >= 11 is 1.61. The highest BCUT2D eigenvalue weighted by Gasteiger charge is 2.35. The van der Waals surface area contributed by atoms with Crippen LogP contribution in [-0.2, 0) is 11.3 Å². The minimum atomic E-state index is -0.405. The van der Waals surface area contributed by atoms with E-state index in [1.54, 1.807) is 28.9 Å². The number of thioether (sulfide) groups is 1. The fourth-order valence-corrected chi connectivity index (χ4v) is 3.59. The van der Waals surface area contributed by atoms with E-state index in [1.807, 2.05) is 38.9 Å². The average Bonchev–Trinajstić information content (AvgIpc) is 3.04. The summed E-state index contributed by atoms with van der Waals surface area (Å²) in [4.78, 5) is 33.1. The van der Waals surface area contributed by atoms with Gasteiger partial charge in [0.25, 0.3) is 5.91 Å². The van der Waals surface area contributed by atoms with Crippen molar-refractivity contribution in [3.05, 3.63) is 29.6 Å². The van der Waals surface area contributed by atoms with Gasteiger partial charge in [-0.15, -0.1) is 11.8 Å². The molecular formula is C17H26N4O2S. The highest BCUT2D eigenvalue weighted by Crippen LogP contribution is 2.23. The number of amides is 2. The maximum Gasteiger partial charge on any atom is 0.256 e. The first-order valence-electron chi connectivity index (χ1n) is 8.21. The van der Waals surface area contributed by atoms with Crippen LogP contribution in [0.25, 0.3) is 0 Å². The van der Waals surface area contributed by atoms with Crippen LogP contribution in [0, 0.1) is 0 Å². The van der Waals surface area contributed by atoms with E-state index in [9.17, 15) is 9.59 Å². The van der Waals surface area contributed by atoms with E-state index < -0.39 is 6.04 Å². The normalized spacial score (nSPS) is 18.7. The Hall–Kier alpha value is -1.60. The van der Waals surface area contributed by atoms with E-state index in [2.05, 4.69) is 10.3 Å². The molecule has 6 nitrogen and oxygen atoms in total. The van der Waals surface area contributed by atoms with Crippen molar-refractivity contribution in [2.75, 3.05) is 25.7 Å². The van der Waals surface area contributed by atoms with Gasteiger partial charge >= 0.3 is 0 Å². The summed E-state index contributed by atoms with van der Waals surface area (Å²) in [7, 11) is 3.95. The van der Waals surface area contributed by atoms with Crippen molar-refractivity contribution in [2.24, 2.45) is 0 Å². The van der Waals surface area contributed by atoms with Crippen LogP contribution in [0.1, 0.15) is 36.3 Å². The molecule has 2 amide bonds. The zero-order chi connectivity index (χ0) is 17.7. The fourth-order valence-electron chi connectivity index (χ4n) is 2.44. The Morgan fingerprint density at radius 1 is 1.46 bits per heavy atom. The van der Waals surface area contributed by atoms with Crippen LogP contribution in [-0.4, -0.2) is 64.4 Å². The number of aromatic nitrogens is 1. The molecule has 1 fully saturated rings. The molecule has 1 aromatic heterocycles. The Kier molecular flexibility index (Phi) is 6.62. The first kappa shape index (κ1) is 18.7. The van der Waals surface area contributed by atoms with E-state index in [0.29, 0.717) is 17.2 Å². The number of carbonyl (C=O) groups is 2. The Balaban J connectivity index is 2.06. The first-order valence-corrected chi connectivity index (χ1v) is 9.36. The van der Waals surface area contributed by atoms with Gasteiger partial charge in [-0.05, 0) is 39.6 Å². The SMILES string of the molecule is CC[C@H](C)NC(=O)[C@@H]1CSCN1C(=O)c1ccc(CN(C)C)nc1. The molecule has 0 spiro atoms. The third-order valence-corrected chi connectivity index (χ3v) is 5.01. The minimum Gasteiger partial charge on any atom is -0.352 e. The van der Waals surface area contributed by atoms with Gasteiger partial charge in [0.05, 0.1) is 17.1 Å². The molecule has 1 N–H and O–H groups in total. The molecule has 1 aromatic rings. The standard InChI is InChI=1S/C17H26N4O2S/c1-5-12(2)19-16(22)15-10-24-11-21(15)17(23)13-6-7-14(18-8-13)9-20(3)4/h6-8,12,15H,5,9-11H2,1-4H3,(H,19,22)/t12-,15-/m0/s1. The molecule has 0 bridgehead atoms. The van der Waals surface area contributed by atoms with E-state index in [1.165, 1.54) is 0 Å². The lowest BCUT2D eigenvalue weighted by Crippen LogP contribution is -2.49. The molecule has 132 valence electrons. The largest absolute Gasteiger partial charge is 0.352 e. The number of nitrogens with one attached hydrogen (secondary N) is 1. The molecule has 0 aromatic carbocycles. The minimum absolute atomic E-state index is 0.0695. The quantitative estimate of drug-likeness (QED) is 0.844.